The number of allylic oxidation sites excluding steroid dienone is 2. The molecule has 1 aliphatic carbocycles. The number of piperidine rings is 1. The van der Waals surface area contributed by atoms with Gasteiger partial charge in [0.05, 0.1) is 7.11 Å². The number of likely N-dealkylation sites (tertiary alicyclic amines) is 1. The van der Waals surface area contributed by atoms with Gasteiger partial charge in [0.15, 0.2) is 0 Å². The summed E-state index contributed by atoms with van der Waals surface area (Å²) in [6.07, 6.45) is 11.6. The van der Waals surface area contributed by atoms with E-state index in [1.54, 1.807) is 11.6 Å². The van der Waals surface area contributed by atoms with Crippen LogP contribution in [-0.4, -0.2) is 57.7 Å². The summed E-state index contributed by atoms with van der Waals surface area (Å²) in [5.74, 6) is -1.47. The van der Waals surface area contributed by atoms with Crippen molar-refractivity contribution in [3.63, 3.8) is 0 Å². The number of fused-ring (bicyclic) bond motifs is 2. The fourth-order valence-electron chi connectivity index (χ4n) is 5.26. The first-order chi connectivity index (χ1) is 17.0. The first-order valence-corrected chi connectivity index (χ1v) is 12.0. The van der Waals surface area contributed by atoms with Crippen LogP contribution < -0.4 is 15.4 Å². The van der Waals surface area contributed by atoms with E-state index in [4.69, 9.17) is 9.84 Å². The molecule has 9 heteroatoms. The Hall–Kier alpha value is -3.46. The second-order valence-electron chi connectivity index (χ2n) is 9.50. The van der Waals surface area contributed by atoms with Gasteiger partial charge >= 0.3 is 0 Å². The van der Waals surface area contributed by atoms with Gasteiger partial charge in [-0.1, -0.05) is 18.2 Å². The normalized spacial score (nSPS) is 20.2. The predicted molar refractivity (Wildman–Crippen MR) is 133 cm³/mol. The molecule has 4 heterocycles. The SMILES string of the molecule is COc1nc(NC2CCN(C3CC(F)(F)C3)CC2)nn2ccc(-c3ccc4c(c3)C=CC=CN4)c12. The molecule has 7 nitrogen and oxygen atoms in total. The van der Waals surface area contributed by atoms with Crippen molar-refractivity contribution in [2.75, 3.05) is 30.8 Å². The zero-order valence-electron chi connectivity index (χ0n) is 19.5. The van der Waals surface area contributed by atoms with Crippen molar-refractivity contribution < 1.29 is 13.5 Å². The Kier molecular flexibility index (Phi) is 5.44. The minimum atomic E-state index is -2.47. The second-order valence-corrected chi connectivity index (χ2v) is 9.50. The van der Waals surface area contributed by atoms with Gasteiger partial charge in [-0.3, -0.25) is 4.90 Å². The van der Waals surface area contributed by atoms with Crippen LogP contribution in [-0.2, 0) is 0 Å². The molecule has 2 aliphatic heterocycles. The highest BCUT2D eigenvalue weighted by Crippen LogP contribution is 2.41. The predicted octanol–water partition coefficient (Wildman–Crippen LogP) is 5.03. The number of methoxy groups -OCH3 is 1. The highest BCUT2D eigenvalue weighted by Gasteiger charge is 2.48. The third-order valence-electron chi connectivity index (χ3n) is 7.20. The maximum absolute atomic E-state index is 13.2. The summed E-state index contributed by atoms with van der Waals surface area (Å²) in [7, 11) is 1.62. The van der Waals surface area contributed by atoms with Gasteiger partial charge in [-0.25, -0.2) is 13.3 Å². The van der Waals surface area contributed by atoms with Gasteiger partial charge in [0.2, 0.25) is 11.8 Å². The molecule has 2 aromatic heterocycles. The molecule has 0 radical (unpaired) electrons. The lowest BCUT2D eigenvalue weighted by molar-refractivity contribution is -0.127. The molecule has 6 rings (SSSR count). The van der Waals surface area contributed by atoms with E-state index in [2.05, 4.69) is 44.8 Å². The molecule has 2 fully saturated rings. The number of rotatable bonds is 5. The number of anilines is 2. The molecule has 0 unspecified atom stereocenters. The van der Waals surface area contributed by atoms with Crippen LogP contribution >= 0.6 is 0 Å². The summed E-state index contributed by atoms with van der Waals surface area (Å²) in [6, 6.07) is 8.52. The number of halogens is 2. The van der Waals surface area contributed by atoms with Gasteiger partial charge in [-0.15, -0.1) is 5.10 Å². The molecule has 3 aromatic rings. The van der Waals surface area contributed by atoms with Crippen LogP contribution in [0.3, 0.4) is 0 Å². The lowest BCUT2D eigenvalue weighted by Gasteiger charge is -2.45. The van der Waals surface area contributed by atoms with Crippen LogP contribution in [0, 0.1) is 0 Å². The maximum atomic E-state index is 13.2. The maximum Gasteiger partial charge on any atom is 0.251 e. The van der Waals surface area contributed by atoms with Crippen LogP contribution in [0.25, 0.3) is 22.7 Å². The topological polar surface area (TPSA) is 66.7 Å². The highest BCUT2D eigenvalue weighted by atomic mass is 19.3. The molecule has 0 spiro atoms. The van der Waals surface area contributed by atoms with Crippen molar-refractivity contribution in [1.29, 1.82) is 0 Å². The molecular formula is C26H28F2N6O. The average molecular weight is 479 g/mol. The molecular weight excluding hydrogens is 450 g/mol. The highest BCUT2D eigenvalue weighted by molar-refractivity contribution is 5.87. The average Bonchev–Trinajstić information content (AvgIpc) is 3.12. The van der Waals surface area contributed by atoms with Crippen molar-refractivity contribution in [2.24, 2.45) is 0 Å². The van der Waals surface area contributed by atoms with Gasteiger partial charge in [-0.2, -0.15) is 4.98 Å². The largest absolute Gasteiger partial charge is 0.479 e. The molecule has 1 saturated heterocycles. The van der Waals surface area contributed by atoms with E-state index < -0.39 is 5.92 Å². The molecule has 0 atom stereocenters. The zero-order chi connectivity index (χ0) is 24.0. The molecule has 0 amide bonds. The number of hydrogen-bond acceptors (Lipinski definition) is 6. The summed E-state index contributed by atoms with van der Waals surface area (Å²) in [6.45, 7) is 1.62. The molecule has 2 N–H and O–H groups in total. The van der Waals surface area contributed by atoms with Crippen LogP contribution in [0.5, 0.6) is 5.88 Å². The number of hydrogen-bond donors (Lipinski definition) is 2. The van der Waals surface area contributed by atoms with Crippen molar-refractivity contribution in [1.82, 2.24) is 19.5 Å². The summed E-state index contributed by atoms with van der Waals surface area (Å²) in [5, 5.41) is 11.4. The summed E-state index contributed by atoms with van der Waals surface area (Å²) >= 11 is 0. The molecule has 1 aromatic carbocycles. The summed E-state index contributed by atoms with van der Waals surface area (Å²) in [4.78, 5) is 6.85. The second kappa shape index (κ2) is 8.64. The monoisotopic (exact) mass is 478 g/mol. The van der Waals surface area contributed by atoms with Gasteiger partial charge in [0.1, 0.15) is 5.52 Å². The molecule has 182 valence electrons. The van der Waals surface area contributed by atoms with E-state index in [-0.39, 0.29) is 24.9 Å². The number of benzene rings is 1. The lowest BCUT2D eigenvalue weighted by Crippen LogP contribution is -2.54. The van der Waals surface area contributed by atoms with E-state index in [9.17, 15) is 8.78 Å². The van der Waals surface area contributed by atoms with Crippen LogP contribution in [0.1, 0.15) is 31.2 Å². The third-order valence-corrected chi connectivity index (χ3v) is 7.20. The van der Waals surface area contributed by atoms with Crippen molar-refractivity contribution >= 4 is 23.2 Å². The van der Waals surface area contributed by atoms with E-state index >= 15 is 0 Å². The van der Waals surface area contributed by atoms with Crippen LogP contribution in [0.4, 0.5) is 20.4 Å². The van der Waals surface area contributed by atoms with Crippen molar-refractivity contribution in [3.8, 4) is 17.0 Å². The summed E-state index contributed by atoms with van der Waals surface area (Å²) in [5.41, 5.74) is 5.00. The lowest BCUT2D eigenvalue weighted by atomic mass is 9.85. The molecule has 1 saturated carbocycles. The molecule has 0 bridgehead atoms. The smallest absolute Gasteiger partial charge is 0.251 e. The van der Waals surface area contributed by atoms with Crippen LogP contribution in [0.15, 0.2) is 48.8 Å². The van der Waals surface area contributed by atoms with E-state index in [1.807, 2.05) is 30.6 Å². The fourth-order valence-corrected chi connectivity index (χ4v) is 5.26. The minimum Gasteiger partial charge on any atom is -0.479 e. The number of ether oxygens (including phenoxy) is 1. The van der Waals surface area contributed by atoms with Crippen molar-refractivity contribution in [3.05, 3.63) is 54.4 Å². The van der Waals surface area contributed by atoms with Gasteiger partial charge in [-0.05, 0) is 48.2 Å². The number of aromatic nitrogens is 3. The van der Waals surface area contributed by atoms with Gasteiger partial charge < -0.3 is 15.4 Å². The Balaban J connectivity index is 1.20. The molecule has 3 aliphatic rings. The Labute approximate surface area is 202 Å². The van der Waals surface area contributed by atoms with E-state index in [0.29, 0.717) is 11.8 Å². The first kappa shape index (κ1) is 22.0. The Morgan fingerprint density at radius 1 is 1.14 bits per heavy atom. The zero-order valence-corrected chi connectivity index (χ0v) is 19.5. The van der Waals surface area contributed by atoms with Crippen molar-refractivity contribution in [2.45, 2.75) is 43.7 Å². The Bertz CT molecular complexity index is 1300. The standard InChI is InChI=1S/C26H28F2N6O/c1-35-24-23-21(17-5-6-22-18(14-17)4-2-3-10-29-22)9-13-34(23)32-25(31-24)30-19-7-11-33(12-8-19)20-15-26(27,28)16-20/h2-6,9-10,13-14,19-20,29H,7-8,11-12,15-16H2,1H3,(H,30,32). The molecule has 35 heavy (non-hydrogen) atoms. The summed E-state index contributed by atoms with van der Waals surface area (Å²) < 4.78 is 33.9. The number of nitrogens with one attached hydrogen (secondary N) is 2. The number of alkyl halides is 2. The Morgan fingerprint density at radius 3 is 2.74 bits per heavy atom. The first-order valence-electron chi connectivity index (χ1n) is 12.0. The minimum absolute atomic E-state index is 0.00799. The van der Waals surface area contributed by atoms with Gasteiger partial charge in [0, 0.05) is 61.7 Å². The Morgan fingerprint density at radius 2 is 1.97 bits per heavy atom. The van der Waals surface area contributed by atoms with E-state index in [1.165, 1.54) is 0 Å². The fraction of sp³-hybridized carbons (Fsp3) is 0.385. The third kappa shape index (κ3) is 4.25. The van der Waals surface area contributed by atoms with Crippen LogP contribution in [0.2, 0.25) is 0 Å². The van der Waals surface area contributed by atoms with E-state index in [0.717, 1.165) is 53.8 Å². The quantitative estimate of drug-likeness (QED) is 0.536. The number of nitrogens with zero attached hydrogens (tertiary/aromatic N) is 4. The van der Waals surface area contributed by atoms with Gasteiger partial charge in [0.25, 0.3) is 5.92 Å².